The van der Waals surface area contributed by atoms with Gasteiger partial charge in [-0.25, -0.2) is 4.79 Å². The van der Waals surface area contributed by atoms with E-state index in [1.807, 2.05) is 12.1 Å². The van der Waals surface area contributed by atoms with E-state index in [4.69, 9.17) is 10.5 Å². The molecule has 2 atom stereocenters. The minimum atomic E-state index is -0.326. The van der Waals surface area contributed by atoms with Crippen LogP contribution in [-0.2, 0) is 4.74 Å². The second-order valence-corrected chi connectivity index (χ2v) is 5.62. The van der Waals surface area contributed by atoms with Crippen molar-refractivity contribution in [2.24, 2.45) is 11.8 Å². The first-order valence-corrected chi connectivity index (χ1v) is 6.74. The first kappa shape index (κ1) is 13.7. The molecule has 1 saturated heterocycles. The maximum Gasteiger partial charge on any atom is 0.340 e. The summed E-state index contributed by atoms with van der Waals surface area (Å²) in [6, 6.07) is 5.46. The van der Waals surface area contributed by atoms with Gasteiger partial charge in [-0.1, -0.05) is 13.8 Å². The molecule has 0 aromatic heterocycles. The molecule has 2 N–H and O–H groups in total. The number of rotatable bonds is 2. The van der Waals surface area contributed by atoms with Crippen molar-refractivity contribution in [3.05, 3.63) is 23.8 Å². The molecular formula is C15H22N2O2. The standard InChI is InChI=1S/C15H22N2O2/c1-10-6-11(2)9-17(8-10)14-5-4-12(16)7-13(14)15(18)19-3/h4-5,7,10-11H,6,8-9,16H2,1-3H3/t10-,11-/m0/s1. The lowest BCUT2D eigenvalue weighted by molar-refractivity contribution is 0.0601. The van der Waals surface area contributed by atoms with Gasteiger partial charge in [0.2, 0.25) is 0 Å². The van der Waals surface area contributed by atoms with E-state index in [0.717, 1.165) is 18.8 Å². The van der Waals surface area contributed by atoms with E-state index in [-0.39, 0.29) is 5.97 Å². The van der Waals surface area contributed by atoms with Crippen molar-refractivity contribution in [3.8, 4) is 0 Å². The smallest absolute Gasteiger partial charge is 0.340 e. The van der Waals surface area contributed by atoms with Crippen LogP contribution in [0.4, 0.5) is 11.4 Å². The average Bonchev–Trinajstić information content (AvgIpc) is 2.36. The molecule has 1 fully saturated rings. The molecule has 0 saturated carbocycles. The van der Waals surface area contributed by atoms with Gasteiger partial charge >= 0.3 is 5.97 Å². The second-order valence-electron chi connectivity index (χ2n) is 5.62. The fraction of sp³-hybridized carbons (Fsp3) is 0.533. The molecule has 1 heterocycles. The molecule has 4 nitrogen and oxygen atoms in total. The van der Waals surface area contributed by atoms with Crippen molar-refractivity contribution in [2.45, 2.75) is 20.3 Å². The van der Waals surface area contributed by atoms with Crippen LogP contribution < -0.4 is 10.6 Å². The van der Waals surface area contributed by atoms with E-state index in [0.29, 0.717) is 23.1 Å². The Morgan fingerprint density at radius 3 is 2.53 bits per heavy atom. The first-order valence-electron chi connectivity index (χ1n) is 6.74. The molecule has 1 aliphatic rings. The summed E-state index contributed by atoms with van der Waals surface area (Å²) >= 11 is 0. The summed E-state index contributed by atoms with van der Waals surface area (Å²) in [4.78, 5) is 14.2. The predicted octanol–water partition coefficient (Wildman–Crippen LogP) is 2.54. The number of benzene rings is 1. The van der Waals surface area contributed by atoms with Gasteiger partial charge in [0.1, 0.15) is 0 Å². The van der Waals surface area contributed by atoms with Crippen LogP contribution in [-0.4, -0.2) is 26.2 Å². The second kappa shape index (κ2) is 5.51. The van der Waals surface area contributed by atoms with Crippen molar-refractivity contribution in [1.29, 1.82) is 0 Å². The zero-order valence-corrected chi connectivity index (χ0v) is 11.8. The first-order chi connectivity index (χ1) is 9.01. The third-order valence-corrected chi connectivity index (χ3v) is 3.64. The highest BCUT2D eigenvalue weighted by Gasteiger charge is 2.25. The zero-order chi connectivity index (χ0) is 14.0. The molecule has 104 valence electrons. The minimum absolute atomic E-state index is 0.326. The maximum absolute atomic E-state index is 11.9. The largest absolute Gasteiger partial charge is 0.465 e. The molecular weight excluding hydrogens is 240 g/mol. The number of nitrogens with zero attached hydrogens (tertiary/aromatic N) is 1. The van der Waals surface area contributed by atoms with Crippen LogP contribution in [0.15, 0.2) is 18.2 Å². The molecule has 1 aromatic carbocycles. The van der Waals surface area contributed by atoms with Crippen molar-refractivity contribution in [2.75, 3.05) is 30.8 Å². The Morgan fingerprint density at radius 2 is 1.95 bits per heavy atom. The van der Waals surface area contributed by atoms with Crippen molar-refractivity contribution >= 4 is 17.3 Å². The number of nitrogen functional groups attached to an aromatic ring is 1. The molecule has 19 heavy (non-hydrogen) atoms. The number of hydrogen-bond donors (Lipinski definition) is 1. The summed E-state index contributed by atoms with van der Waals surface area (Å²) in [5, 5.41) is 0. The molecule has 2 rings (SSSR count). The fourth-order valence-corrected chi connectivity index (χ4v) is 2.96. The van der Waals surface area contributed by atoms with Crippen LogP contribution in [0.3, 0.4) is 0 Å². The molecule has 0 aliphatic carbocycles. The molecule has 0 spiro atoms. The van der Waals surface area contributed by atoms with Crippen molar-refractivity contribution in [3.63, 3.8) is 0 Å². The van der Waals surface area contributed by atoms with Gasteiger partial charge in [0.15, 0.2) is 0 Å². The number of nitrogens with two attached hydrogens (primary N) is 1. The minimum Gasteiger partial charge on any atom is -0.465 e. The number of hydrogen-bond acceptors (Lipinski definition) is 4. The van der Waals surface area contributed by atoms with Gasteiger partial charge in [-0.3, -0.25) is 0 Å². The van der Waals surface area contributed by atoms with E-state index in [1.54, 1.807) is 6.07 Å². The lowest BCUT2D eigenvalue weighted by atomic mass is 9.91. The van der Waals surface area contributed by atoms with E-state index >= 15 is 0 Å². The molecule has 0 amide bonds. The number of ether oxygens (including phenoxy) is 1. The lowest BCUT2D eigenvalue weighted by Crippen LogP contribution is -2.39. The molecule has 4 heteroatoms. The summed E-state index contributed by atoms with van der Waals surface area (Å²) < 4.78 is 4.86. The average molecular weight is 262 g/mol. The van der Waals surface area contributed by atoms with Gasteiger partial charge in [-0.05, 0) is 36.5 Å². The topological polar surface area (TPSA) is 55.6 Å². The molecule has 0 unspecified atom stereocenters. The van der Waals surface area contributed by atoms with Crippen molar-refractivity contribution in [1.82, 2.24) is 0 Å². The predicted molar refractivity (Wildman–Crippen MR) is 77.4 cm³/mol. The molecule has 1 aliphatic heterocycles. The molecule has 1 aromatic rings. The van der Waals surface area contributed by atoms with Crippen LogP contribution >= 0.6 is 0 Å². The van der Waals surface area contributed by atoms with Crippen LogP contribution in [0, 0.1) is 11.8 Å². The third kappa shape index (κ3) is 3.00. The van der Waals surface area contributed by atoms with Crippen molar-refractivity contribution < 1.29 is 9.53 Å². The lowest BCUT2D eigenvalue weighted by Gasteiger charge is -2.37. The Kier molecular flexibility index (Phi) is 3.98. The highest BCUT2D eigenvalue weighted by Crippen LogP contribution is 2.30. The summed E-state index contributed by atoms with van der Waals surface area (Å²) in [6.07, 6.45) is 1.24. The number of esters is 1. The van der Waals surface area contributed by atoms with Gasteiger partial charge in [-0.15, -0.1) is 0 Å². The number of anilines is 2. The van der Waals surface area contributed by atoms with E-state index in [1.165, 1.54) is 13.5 Å². The van der Waals surface area contributed by atoms with E-state index < -0.39 is 0 Å². The number of carbonyl (C=O) groups excluding carboxylic acids is 1. The Balaban J connectivity index is 2.35. The van der Waals surface area contributed by atoms with Gasteiger partial charge < -0.3 is 15.4 Å². The maximum atomic E-state index is 11.9. The van der Waals surface area contributed by atoms with Gasteiger partial charge in [-0.2, -0.15) is 0 Å². The summed E-state index contributed by atoms with van der Waals surface area (Å²) in [6.45, 7) is 6.44. The van der Waals surface area contributed by atoms with E-state index in [9.17, 15) is 4.79 Å². The molecule has 0 radical (unpaired) electrons. The van der Waals surface area contributed by atoms with Gasteiger partial charge in [0.25, 0.3) is 0 Å². The van der Waals surface area contributed by atoms with Crippen LogP contribution in [0.2, 0.25) is 0 Å². The number of carbonyl (C=O) groups is 1. The summed E-state index contributed by atoms with van der Waals surface area (Å²) in [5.74, 6) is 0.937. The quantitative estimate of drug-likeness (QED) is 0.657. The molecule has 0 bridgehead atoms. The summed E-state index contributed by atoms with van der Waals surface area (Å²) in [7, 11) is 1.40. The Bertz CT molecular complexity index is 463. The number of piperidine rings is 1. The summed E-state index contributed by atoms with van der Waals surface area (Å²) in [5.41, 5.74) is 7.85. The number of methoxy groups -OCH3 is 1. The van der Waals surface area contributed by atoms with Crippen LogP contribution in [0.25, 0.3) is 0 Å². The van der Waals surface area contributed by atoms with Crippen LogP contribution in [0.5, 0.6) is 0 Å². The fourth-order valence-electron chi connectivity index (χ4n) is 2.96. The monoisotopic (exact) mass is 262 g/mol. The van der Waals surface area contributed by atoms with Gasteiger partial charge in [0.05, 0.1) is 18.4 Å². The normalized spacial score (nSPS) is 23.2. The van der Waals surface area contributed by atoms with Crippen LogP contribution in [0.1, 0.15) is 30.6 Å². The van der Waals surface area contributed by atoms with E-state index in [2.05, 4.69) is 18.7 Å². The zero-order valence-electron chi connectivity index (χ0n) is 11.8. The highest BCUT2D eigenvalue weighted by atomic mass is 16.5. The SMILES string of the molecule is COC(=O)c1cc(N)ccc1N1C[C@@H](C)C[C@H](C)C1. The Labute approximate surface area is 114 Å². The third-order valence-electron chi connectivity index (χ3n) is 3.64. The highest BCUT2D eigenvalue weighted by molar-refractivity contribution is 5.97. The Hall–Kier alpha value is -1.71. The van der Waals surface area contributed by atoms with Gasteiger partial charge in [0, 0.05) is 18.8 Å². The Morgan fingerprint density at radius 1 is 1.32 bits per heavy atom.